The number of aromatic nitrogens is 3. The Morgan fingerprint density at radius 3 is 2.95 bits per heavy atom. The quantitative estimate of drug-likeness (QED) is 0.827. The summed E-state index contributed by atoms with van der Waals surface area (Å²) in [6.07, 6.45) is 5.27. The molecule has 0 bridgehead atoms. The van der Waals surface area contributed by atoms with Crippen LogP contribution in [0.25, 0.3) is 11.3 Å². The van der Waals surface area contributed by atoms with Crippen molar-refractivity contribution in [2.75, 3.05) is 20.6 Å². The smallest absolute Gasteiger partial charge is 0.236 e. The number of pyridine rings is 1. The van der Waals surface area contributed by atoms with Crippen LogP contribution in [0.1, 0.15) is 5.56 Å². The molecule has 2 heterocycles. The molecule has 0 aliphatic rings. The summed E-state index contributed by atoms with van der Waals surface area (Å²) in [4.78, 5) is 17.1. The fourth-order valence-corrected chi connectivity index (χ4v) is 1.67. The van der Waals surface area contributed by atoms with Gasteiger partial charge >= 0.3 is 0 Å². The first-order valence-electron chi connectivity index (χ1n) is 6.02. The Morgan fingerprint density at radius 1 is 1.42 bits per heavy atom. The molecule has 100 valence electrons. The van der Waals surface area contributed by atoms with Crippen LogP contribution < -0.4 is 5.32 Å². The van der Waals surface area contributed by atoms with Crippen LogP contribution in [0.3, 0.4) is 0 Å². The first-order valence-corrected chi connectivity index (χ1v) is 6.02. The van der Waals surface area contributed by atoms with Crippen molar-refractivity contribution in [2.45, 2.75) is 6.54 Å². The van der Waals surface area contributed by atoms with Gasteiger partial charge in [-0.25, -0.2) is 0 Å². The lowest BCUT2D eigenvalue weighted by molar-refractivity contribution is -0.127. The van der Waals surface area contributed by atoms with Crippen LogP contribution in [0, 0.1) is 0 Å². The summed E-state index contributed by atoms with van der Waals surface area (Å²) in [7, 11) is 3.48. The van der Waals surface area contributed by atoms with Crippen LogP contribution in [0.5, 0.6) is 0 Å². The summed E-state index contributed by atoms with van der Waals surface area (Å²) < 4.78 is 0. The number of hydrogen-bond donors (Lipinski definition) is 2. The summed E-state index contributed by atoms with van der Waals surface area (Å²) in [5, 5.41) is 10.1. The lowest BCUT2D eigenvalue weighted by Gasteiger charge is -2.10. The number of H-pyrrole nitrogens is 1. The van der Waals surface area contributed by atoms with Gasteiger partial charge in [-0.1, -0.05) is 0 Å². The molecule has 6 heteroatoms. The maximum atomic E-state index is 11.5. The van der Waals surface area contributed by atoms with Crippen molar-refractivity contribution < 1.29 is 4.79 Å². The van der Waals surface area contributed by atoms with Crippen LogP contribution in [0.15, 0.2) is 30.7 Å². The number of rotatable bonds is 5. The van der Waals surface area contributed by atoms with Gasteiger partial charge in [0.25, 0.3) is 0 Å². The zero-order valence-electron chi connectivity index (χ0n) is 11.1. The molecule has 0 radical (unpaired) electrons. The van der Waals surface area contributed by atoms with E-state index in [2.05, 4.69) is 20.5 Å². The highest BCUT2D eigenvalue weighted by atomic mass is 16.2. The van der Waals surface area contributed by atoms with Crippen molar-refractivity contribution in [3.8, 4) is 11.3 Å². The SMILES string of the molecule is CN(C)C(=O)CNCc1cn[nH]c1-c1cccnc1. The van der Waals surface area contributed by atoms with Crippen molar-refractivity contribution in [1.29, 1.82) is 0 Å². The average molecular weight is 259 g/mol. The van der Waals surface area contributed by atoms with E-state index < -0.39 is 0 Å². The second-order valence-electron chi connectivity index (χ2n) is 4.40. The third kappa shape index (κ3) is 3.38. The topological polar surface area (TPSA) is 73.9 Å². The summed E-state index contributed by atoms with van der Waals surface area (Å²) >= 11 is 0. The molecule has 2 rings (SSSR count). The minimum atomic E-state index is 0.0476. The number of carbonyl (C=O) groups excluding carboxylic acids is 1. The normalized spacial score (nSPS) is 10.4. The van der Waals surface area contributed by atoms with Gasteiger partial charge in [-0.3, -0.25) is 14.9 Å². The van der Waals surface area contributed by atoms with E-state index in [0.29, 0.717) is 13.1 Å². The fraction of sp³-hybridized carbons (Fsp3) is 0.308. The van der Waals surface area contributed by atoms with Crippen molar-refractivity contribution >= 4 is 5.91 Å². The van der Waals surface area contributed by atoms with Gasteiger partial charge in [0.15, 0.2) is 0 Å². The lowest BCUT2D eigenvalue weighted by Crippen LogP contribution is -2.32. The Kier molecular flexibility index (Phi) is 4.25. The zero-order chi connectivity index (χ0) is 13.7. The molecule has 2 aromatic heterocycles. The molecule has 2 aromatic rings. The monoisotopic (exact) mass is 259 g/mol. The number of carbonyl (C=O) groups is 1. The van der Waals surface area contributed by atoms with Crippen molar-refractivity contribution in [2.24, 2.45) is 0 Å². The molecule has 0 saturated carbocycles. The van der Waals surface area contributed by atoms with Gasteiger partial charge in [-0.15, -0.1) is 0 Å². The van der Waals surface area contributed by atoms with E-state index in [9.17, 15) is 4.79 Å². The highest BCUT2D eigenvalue weighted by molar-refractivity contribution is 5.77. The molecular weight excluding hydrogens is 242 g/mol. The molecule has 0 spiro atoms. The Bertz CT molecular complexity index is 535. The second-order valence-corrected chi connectivity index (χ2v) is 4.40. The number of nitrogens with zero attached hydrogens (tertiary/aromatic N) is 3. The number of amides is 1. The summed E-state index contributed by atoms with van der Waals surface area (Å²) in [6, 6.07) is 3.85. The van der Waals surface area contributed by atoms with E-state index in [1.54, 1.807) is 37.6 Å². The lowest BCUT2D eigenvalue weighted by atomic mass is 10.1. The Morgan fingerprint density at radius 2 is 2.26 bits per heavy atom. The van der Waals surface area contributed by atoms with Crippen LogP contribution in [-0.2, 0) is 11.3 Å². The molecule has 1 amide bonds. The predicted molar refractivity (Wildman–Crippen MR) is 72.2 cm³/mol. The number of hydrogen-bond acceptors (Lipinski definition) is 4. The van der Waals surface area contributed by atoms with E-state index in [-0.39, 0.29) is 5.91 Å². The van der Waals surface area contributed by atoms with Crippen LogP contribution >= 0.6 is 0 Å². The van der Waals surface area contributed by atoms with E-state index in [0.717, 1.165) is 16.8 Å². The summed E-state index contributed by atoms with van der Waals surface area (Å²) in [5.74, 6) is 0.0476. The van der Waals surface area contributed by atoms with Gasteiger partial charge in [-0.2, -0.15) is 5.10 Å². The van der Waals surface area contributed by atoms with Gasteiger partial charge in [-0.05, 0) is 12.1 Å². The van der Waals surface area contributed by atoms with Gasteiger partial charge in [0.05, 0.1) is 18.4 Å². The maximum Gasteiger partial charge on any atom is 0.236 e. The largest absolute Gasteiger partial charge is 0.348 e. The summed E-state index contributed by atoms with van der Waals surface area (Å²) in [5.41, 5.74) is 2.92. The maximum absolute atomic E-state index is 11.5. The standard InChI is InChI=1S/C13H17N5O/c1-18(2)12(19)9-15-7-11-8-16-17-13(11)10-4-3-5-14-6-10/h3-6,8,15H,7,9H2,1-2H3,(H,16,17). The van der Waals surface area contributed by atoms with Crippen LogP contribution in [0.2, 0.25) is 0 Å². The van der Waals surface area contributed by atoms with Gasteiger partial charge in [0.2, 0.25) is 5.91 Å². The Labute approximate surface area is 111 Å². The minimum absolute atomic E-state index is 0.0476. The predicted octanol–water partition coefficient (Wildman–Crippen LogP) is 0.649. The second kappa shape index (κ2) is 6.10. The molecule has 0 aliphatic carbocycles. The minimum Gasteiger partial charge on any atom is -0.348 e. The number of aromatic amines is 1. The molecule has 0 unspecified atom stereocenters. The molecular formula is C13H17N5O. The molecule has 0 atom stereocenters. The summed E-state index contributed by atoms with van der Waals surface area (Å²) in [6.45, 7) is 0.894. The third-order valence-electron chi connectivity index (χ3n) is 2.76. The molecule has 0 aliphatic heterocycles. The molecule has 6 nitrogen and oxygen atoms in total. The highest BCUT2D eigenvalue weighted by Gasteiger charge is 2.08. The van der Waals surface area contributed by atoms with E-state index in [4.69, 9.17) is 0 Å². The van der Waals surface area contributed by atoms with E-state index in [1.807, 2.05) is 12.1 Å². The van der Waals surface area contributed by atoms with Crippen molar-refractivity contribution in [3.05, 3.63) is 36.3 Å². The third-order valence-corrected chi connectivity index (χ3v) is 2.76. The first-order chi connectivity index (χ1) is 9.18. The molecule has 0 saturated heterocycles. The Balaban J connectivity index is 1.99. The Hall–Kier alpha value is -2.21. The first kappa shape index (κ1) is 13.2. The zero-order valence-corrected chi connectivity index (χ0v) is 11.1. The molecule has 19 heavy (non-hydrogen) atoms. The van der Waals surface area contributed by atoms with Crippen molar-refractivity contribution in [3.63, 3.8) is 0 Å². The average Bonchev–Trinajstić information content (AvgIpc) is 2.88. The molecule has 0 fully saturated rings. The molecule has 0 aromatic carbocycles. The van der Waals surface area contributed by atoms with Gasteiger partial charge in [0.1, 0.15) is 0 Å². The van der Waals surface area contributed by atoms with Gasteiger partial charge in [0, 0.05) is 44.2 Å². The number of nitrogens with one attached hydrogen (secondary N) is 2. The van der Waals surface area contributed by atoms with Crippen LogP contribution in [-0.4, -0.2) is 46.6 Å². The molecule has 2 N–H and O–H groups in total. The van der Waals surface area contributed by atoms with Crippen molar-refractivity contribution in [1.82, 2.24) is 25.4 Å². The highest BCUT2D eigenvalue weighted by Crippen LogP contribution is 2.19. The number of likely N-dealkylation sites (N-methyl/N-ethyl adjacent to an activating group) is 1. The van der Waals surface area contributed by atoms with Crippen LogP contribution in [0.4, 0.5) is 0 Å². The van der Waals surface area contributed by atoms with Gasteiger partial charge < -0.3 is 10.2 Å². The van der Waals surface area contributed by atoms with E-state index in [1.165, 1.54) is 0 Å². The fourth-order valence-electron chi connectivity index (χ4n) is 1.67. The van der Waals surface area contributed by atoms with E-state index >= 15 is 0 Å².